The zero-order valence-corrected chi connectivity index (χ0v) is 16.1. The first-order valence-electron chi connectivity index (χ1n) is 10.1. The Morgan fingerprint density at radius 1 is 1.22 bits per heavy atom. The van der Waals surface area contributed by atoms with E-state index < -0.39 is 0 Å². The molecule has 1 aliphatic heterocycles. The van der Waals surface area contributed by atoms with Crippen molar-refractivity contribution in [3.8, 4) is 0 Å². The van der Waals surface area contributed by atoms with Crippen molar-refractivity contribution in [2.24, 2.45) is 17.3 Å². The molecule has 2 aliphatic rings. The summed E-state index contributed by atoms with van der Waals surface area (Å²) in [7, 11) is 0. The lowest BCUT2D eigenvalue weighted by molar-refractivity contribution is -0.135. The number of aromatic nitrogens is 2. The number of hydrogen-bond donors (Lipinski definition) is 2. The van der Waals surface area contributed by atoms with E-state index in [0.717, 1.165) is 29.7 Å². The molecule has 27 heavy (non-hydrogen) atoms. The molecular formula is C21H29N3O3. The van der Waals surface area contributed by atoms with Crippen LogP contribution in [0.15, 0.2) is 24.3 Å². The van der Waals surface area contributed by atoms with Crippen LogP contribution in [0.1, 0.15) is 38.6 Å². The lowest BCUT2D eigenvalue weighted by Crippen LogP contribution is -2.40. The summed E-state index contributed by atoms with van der Waals surface area (Å²) >= 11 is 0. The molecule has 1 aromatic carbocycles. The maximum absolute atomic E-state index is 13.4. The van der Waals surface area contributed by atoms with Crippen molar-refractivity contribution in [2.75, 3.05) is 26.3 Å². The number of fused-ring (bicyclic) bond motifs is 2. The number of likely N-dealkylation sites (tertiary alicyclic amines) is 1. The molecule has 1 saturated carbocycles. The molecule has 3 atom stereocenters. The van der Waals surface area contributed by atoms with E-state index in [9.17, 15) is 15.0 Å². The summed E-state index contributed by atoms with van der Waals surface area (Å²) in [6, 6.07) is 7.77. The number of aryl methyl sites for hydroxylation is 1. The first kappa shape index (κ1) is 18.4. The number of amides is 1. The van der Waals surface area contributed by atoms with Crippen LogP contribution in [-0.4, -0.2) is 56.9 Å². The minimum Gasteiger partial charge on any atom is -0.396 e. The van der Waals surface area contributed by atoms with Crippen LogP contribution in [0.25, 0.3) is 11.0 Å². The molecule has 6 nitrogen and oxygen atoms in total. The van der Waals surface area contributed by atoms with E-state index >= 15 is 0 Å². The molecule has 0 radical (unpaired) electrons. The number of nitrogens with zero attached hydrogens (tertiary/aromatic N) is 3. The molecule has 0 bridgehead atoms. The van der Waals surface area contributed by atoms with Crippen LogP contribution in [0.5, 0.6) is 0 Å². The van der Waals surface area contributed by atoms with Crippen molar-refractivity contribution < 1.29 is 15.0 Å². The highest BCUT2D eigenvalue weighted by Crippen LogP contribution is 2.62. The Kier molecular flexibility index (Phi) is 4.72. The van der Waals surface area contributed by atoms with Gasteiger partial charge in [-0.25, -0.2) is 4.98 Å². The summed E-state index contributed by atoms with van der Waals surface area (Å²) < 4.78 is 2.14. The van der Waals surface area contributed by atoms with Crippen LogP contribution in [0, 0.1) is 17.3 Å². The molecule has 2 heterocycles. The summed E-state index contributed by atoms with van der Waals surface area (Å²) in [5.41, 5.74) is 1.59. The molecule has 146 valence electrons. The minimum atomic E-state index is -0.367. The molecule has 1 amide bonds. The first-order chi connectivity index (χ1) is 13.1. The fourth-order valence-electron chi connectivity index (χ4n) is 5.06. The van der Waals surface area contributed by atoms with Crippen molar-refractivity contribution in [1.82, 2.24) is 14.5 Å². The molecule has 6 heteroatoms. The molecule has 2 N–H and O–H groups in total. The number of aliphatic hydroxyl groups excluding tert-OH is 2. The average Bonchev–Trinajstić information content (AvgIpc) is 3.00. The Morgan fingerprint density at radius 2 is 1.89 bits per heavy atom. The van der Waals surface area contributed by atoms with Crippen molar-refractivity contribution >= 4 is 16.9 Å². The van der Waals surface area contributed by atoms with Gasteiger partial charge >= 0.3 is 0 Å². The standard InChI is InChI=1S/C21H29N3O3/c1-3-7-19-22-16-8-5-6-9-18(16)24(19)17(4-2)20(27)23-10-14-15(11-23)21(14,12-25)13-26/h5-6,8-9,14-15,17,25-26H,3-4,7,10-13H2,1-2H3. The topological polar surface area (TPSA) is 78.6 Å². The van der Waals surface area contributed by atoms with Gasteiger partial charge in [-0.3, -0.25) is 4.79 Å². The second kappa shape index (κ2) is 6.91. The summed E-state index contributed by atoms with van der Waals surface area (Å²) in [6.45, 7) is 5.46. The zero-order valence-electron chi connectivity index (χ0n) is 16.1. The normalized spacial score (nSPS) is 24.2. The molecule has 2 aromatic rings. The van der Waals surface area contributed by atoms with E-state index in [1.807, 2.05) is 29.2 Å². The lowest BCUT2D eigenvalue weighted by atomic mass is 10.0. The van der Waals surface area contributed by atoms with E-state index in [1.54, 1.807) is 0 Å². The lowest BCUT2D eigenvalue weighted by Gasteiger charge is -2.29. The average molecular weight is 371 g/mol. The van der Waals surface area contributed by atoms with Gasteiger partial charge in [0.2, 0.25) is 5.91 Å². The number of carbonyl (C=O) groups excluding carboxylic acids is 1. The van der Waals surface area contributed by atoms with Crippen LogP contribution in [0.2, 0.25) is 0 Å². The third-order valence-electron chi connectivity index (χ3n) is 6.71. The highest BCUT2D eigenvalue weighted by molar-refractivity contribution is 5.85. The Bertz CT molecular complexity index is 828. The third kappa shape index (κ3) is 2.69. The Morgan fingerprint density at radius 3 is 2.48 bits per heavy atom. The van der Waals surface area contributed by atoms with Crippen molar-refractivity contribution in [1.29, 1.82) is 0 Å². The molecule has 4 rings (SSSR count). The summed E-state index contributed by atoms with van der Waals surface area (Å²) in [5.74, 6) is 1.56. The monoisotopic (exact) mass is 371 g/mol. The minimum absolute atomic E-state index is 0.00484. The Hall–Kier alpha value is -1.92. The van der Waals surface area contributed by atoms with Crippen molar-refractivity contribution in [3.05, 3.63) is 30.1 Å². The number of carbonyl (C=O) groups is 1. The van der Waals surface area contributed by atoms with Crippen molar-refractivity contribution in [3.63, 3.8) is 0 Å². The van der Waals surface area contributed by atoms with E-state index in [4.69, 9.17) is 4.98 Å². The van der Waals surface area contributed by atoms with E-state index in [-0.39, 0.29) is 42.4 Å². The van der Waals surface area contributed by atoms with Gasteiger partial charge in [0.05, 0.1) is 24.2 Å². The van der Waals surface area contributed by atoms with Gasteiger partial charge in [0.1, 0.15) is 11.9 Å². The maximum atomic E-state index is 13.4. The third-order valence-corrected chi connectivity index (χ3v) is 6.71. The fraction of sp³-hybridized carbons (Fsp3) is 0.619. The van der Waals surface area contributed by atoms with Gasteiger partial charge in [0, 0.05) is 24.9 Å². The van der Waals surface area contributed by atoms with E-state index in [2.05, 4.69) is 18.4 Å². The summed E-state index contributed by atoms with van der Waals surface area (Å²) in [4.78, 5) is 20.1. The summed E-state index contributed by atoms with van der Waals surface area (Å²) in [5, 5.41) is 19.3. The molecular weight excluding hydrogens is 342 g/mol. The molecule has 0 spiro atoms. The predicted molar refractivity (Wildman–Crippen MR) is 103 cm³/mol. The van der Waals surface area contributed by atoms with E-state index in [1.165, 1.54) is 0 Å². The van der Waals surface area contributed by atoms with Gasteiger partial charge < -0.3 is 19.7 Å². The van der Waals surface area contributed by atoms with Gasteiger partial charge in [-0.2, -0.15) is 0 Å². The number of para-hydroxylation sites is 2. The number of aliphatic hydroxyl groups is 2. The second-order valence-corrected chi connectivity index (χ2v) is 8.07. The molecule has 2 fully saturated rings. The van der Waals surface area contributed by atoms with Gasteiger partial charge in [-0.05, 0) is 36.8 Å². The van der Waals surface area contributed by atoms with Crippen LogP contribution in [0.4, 0.5) is 0 Å². The number of piperidine rings is 1. The highest BCUT2D eigenvalue weighted by Gasteiger charge is 2.68. The van der Waals surface area contributed by atoms with Crippen LogP contribution >= 0.6 is 0 Å². The van der Waals surface area contributed by atoms with Gasteiger partial charge in [0.15, 0.2) is 0 Å². The zero-order chi connectivity index (χ0) is 19.2. The largest absolute Gasteiger partial charge is 0.396 e. The van der Waals surface area contributed by atoms with Crippen LogP contribution < -0.4 is 0 Å². The van der Waals surface area contributed by atoms with Crippen molar-refractivity contribution in [2.45, 2.75) is 39.2 Å². The Labute approximate surface area is 159 Å². The molecule has 1 aromatic heterocycles. The van der Waals surface area contributed by atoms with Gasteiger partial charge in [-0.15, -0.1) is 0 Å². The Balaban J connectivity index is 1.61. The summed E-state index contributed by atoms with van der Waals surface area (Å²) in [6.07, 6.45) is 2.55. The number of imidazole rings is 1. The SMILES string of the molecule is CCCc1nc2ccccc2n1C(CC)C(=O)N1CC2C(C1)C2(CO)CO. The quantitative estimate of drug-likeness (QED) is 0.780. The van der Waals surface area contributed by atoms with E-state index in [0.29, 0.717) is 19.5 Å². The maximum Gasteiger partial charge on any atom is 0.245 e. The number of benzene rings is 1. The predicted octanol–water partition coefficient (Wildman–Crippen LogP) is 2.00. The molecule has 1 saturated heterocycles. The fourth-order valence-corrected chi connectivity index (χ4v) is 5.06. The molecule has 1 aliphatic carbocycles. The number of hydrogen-bond acceptors (Lipinski definition) is 4. The van der Waals surface area contributed by atoms with Crippen LogP contribution in [0.3, 0.4) is 0 Å². The second-order valence-electron chi connectivity index (χ2n) is 8.07. The van der Waals surface area contributed by atoms with Crippen LogP contribution in [-0.2, 0) is 11.2 Å². The molecule has 3 unspecified atom stereocenters. The highest BCUT2D eigenvalue weighted by atomic mass is 16.3. The smallest absolute Gasteiger partial charge is 0.245 e. The number of rotatable bonds is 7. The van der Waals surface area contributed by atoms with Gasteiger partial charge in [0.25, 0.3) is 0 Å². The van der Waals surface area contributed by atoms with Gasteiger partial charge in [-0.1, -0.05) is 26.0 Å². The first-order valence-corrected chi connectivity index (χ1v) is 10.1.